The molecule has 0 radical (unpaired) electrons. The Labute approximate surface area is 80.9 Å². The third-order valence-corrected chi connectivity index (χ3v) is 2.35. The summed E-state index contributed by atoms with van der Waals surface area (Å²) in [4.78, 5) is 0. The third kappa shape index (κ3) is 2.59. The van der Waals surface area contributed by atoms with Crippen molar-refractivity contribution >= 4 is 15.9 Å². The maximum Gasteiger partial charge on any atom is 0.0496 e. The predicted molar refractivity (Wildman–Crippen MR) is 52.1 cm³/mol. The summed E-state index contributed by atoms with van der Waals surface area (Å²) in [7, 11) is 1.63. The van der Waals surface area contributed by atoms with Gasteiger partial charge in [0.05, 0.1) is 0 Å². The largest absolute Gasteiger partial charge is 0.314 e. The zero-order chi connectivity index (χ0) is 9.14. The van der Waals surface area contributed by atoms with Crippen LogP contribution in [0.3, 0.4) is 0 Å². The lowest BCUT2D eigenvalue weighted by atomic mass is 10.1. The predicted octanol–water partition coefficient (Wildman–Crippen LogP) is 2.58. The fourth-order valence-electron chi connectivity index (χ4n) is 1.03. The fourth-order valence-corrected chi connectivity index (χ4v) is 1.65. The highest BCUT2D eigenvalue weighted by Crippen LogP contribution is 2.18. The lowest BCUT2D eigenvalue weighted by Crippen LogP contribution is -2.11. The standard InChI is InChI=1S/C9H12BrNO/c1-7-3-4-8(6-11(2)12)9(10)5-7/h3-5,12H,6H2,1-2H3. The lowest BCUT2D eigenvalue weighted by molar-refractivity contribution is -0.0733. The molecular formula is C9H12BrNO. The quantitative estimate of drug-likeness (QED) is 0.789. The van der Waals surface area contributed by atoms with Crippen LogP contribution in [0.4, 0.5) is 0 Å². The number of rotatable bonds is 2. The smallest absolute Gasteiger partial charge is 0.0496 e. The van der Waals surface area contributed by atoms with E-state index in [1.807, 2.05) is 25.1 Å². The monoisotopic (exact) mass is 229 g/mol. The van der Waals surface area contributed by atoms with Crippen molar-refractivity contribution in [3.05, 3.63) is 33.8 Å². The van der Waals surface area contributed by atoms with Gasteiger partial charge in [-0.25, -0.2) is 0 Å². The van der Waals surface area contributed by atoms with Crippen molar-refractivity contribution in [2.45, 2.75) is 13.5 Å². The average molecular weight is 230 g/mol. The van der Waals surface area contributed by atoms with Crippen molar-refractivity contribution in [1.82, 2.24) is 5.06 Å². The van der Waals surface area contributed by atoms with Gasteiger partial charge in [-0.15, -0.1) is 0 Å². The molecule has 1 rings (SSSR count). The lowest BCUT2D eigenvalue weighted by Gasteiger charge is -2.09. The van der Waals surface area contributed by atoms with E-state index in [9.17, 15) is 0 Å². The number of hydrogen-bond acceptors (Lipinski definition) is 2. The van der Waals surface area contributed by atoms with Gasteiger partial charge < -0.3 is 5.21 Å². The maximum absolute atomic E-state index is 9.01. The molecule has 1 N–H and O–H groups in total. The van der Waals surface area contributed by atoms with Gasteiger partial charge in [-0.05, 0) is 24.1 Å². The molecule has 0 bridgehead atoms. The van der Waals surface area contributed by atoms with Crippen LogP contribution >= 0.6 is 15.9 Å². The molecule has 3 heteroatoms. The van der Waals surface area contributed by atoms with Gasteiger partial charge in [0.15, 0.2) is 0 Å². The van der Waals surface area contributed by atoms with Crippen LogP contribution in [-0.4, -0.2) is 17.3 Å². The first-order valence-corrected chi connectivity index (χ1v) is 4.54. The number of aryl methyl sites for hydroxylation is 1. The van der Waals surface area contributed by atoms with Gasteiger partial charge in [-0.2, -0.15) is 5.06 Å². The molecule has 1 aromatic carbocycles. The molecule has 0 saturated heterocycles. The van der Waals surface area contributed by atoms with Crippen LogP contribution < -0.4 is 0 Å². The number of halogens is 1. The minimum Gasteiger partial charge on any atom is -0.314 e. The summed E-state index contributed by atoms with van der Waals surface area (Å²) in [6.07, 6.45) is 0. The molecule has 0 aliphatic rings. The van der Waals surface area contributed by atoms with E-state index in [0.717, 1.165) is 15.1 Å². The van der Waals surface area contributed by atoms with Gasteiger partial charge in [-0.3, -0.25) is 0 Å². The molecule has 0 unspecified atom stereocenters. The van der Waals surface area contributed by atoms with E-state index in [-0.39, 0.29) is 0 Å². The zero-order valence-electron chi connectivity index (χ0n) is 7.21. The Morgan fingerprint density at radius 2 is 2.17 bits per heavy atom. The second kappa shape index (κ2) is 4.03. The Bertz CT molecular complexity index is 273. The molecule has 0 aromatic heterocycles. The van der Waals surface area contributed by atoms with Crippen molar-refractivity contribution in [3.8, 4) is 0 Å². The second-order valence-electron chi connectivity index (χ2n) is 2.91. The highest BCUT2D eigenvalue weighted by atomic mass is 79.9. The Morgan fingerprint density at radius 3 is 2.67 bits per heavy atom. The fraction of sp³-hybridized carbons (Fsp3) is 0.333. The SMILES string of the molecule is Cc1ccc(CN(C)O)c(Br)c1. The third-order valence-electron chi connectivity index (χ3n) is 1.61. The molecule has 66 valence electrons. The van der Waals surface area contributed by atoms with Crippen LogP contribution in [0.1, 0.15) is 11.1 Å². The minimum absolute atomic E-state index is 0.543. The summed E-state index contributed by atoms with van der Waals surface area (Å²) < 4.78 is 1.04. The van der Waals surface area contributed by atoms with Crippen LogP contribution in [0.2, 0.25) is 0 Å². The van der Waals surface area contributed by atoms with Crippen LogP contribution in [0.15, 0.2) is 22.7 Å². The Balaban J connectivity index is 2.86. The number of nitrogens with zero attached hydrogens (tertiary/aromatic N) is 1. The second-order valence-corrected chi connectivity index (χ2v) is 3.76. The number of hydrogen-bond donors (Lipinski definition) is 1. The highest BCUT2D eigenvalue weighted by molar-refractivity contribution is 9.10. The van der Waals surface area contributed by atoms with E-state index in [1.54, 1.807) is 7.05 Å². The molecule has 1 aromatic rings. The molecule has 2 nitrogen and oxygen atoms in total. The molecule has 0 aliphatic carbocycles. The van der Waals surface area contributed by atoms with Crippen molar-refractivity contribution in [2.75, 3.05) is 7.05 Å². The van der Waals surface area contributed by atoms with Crippen molar-refractivity contribution in [1.29, 1.82) is 0 Å². The molecule has 0 spiro atoms. The van der Waals surface area contributed by atoms with Crippen molar-refractivity contribution < 1.29 is 5.21 Å². The first kappa shape index (κ1) is 9.71. The summed E-state index contributed by atoms with van der Waals surface area (Å²) in [5, 5.41) is 10.2. The van der Waals surface area contributed by atoms with Crippen molar-refractivity contribution in [2.24, 2.45) is 0 Å². The van der Waals surface area contributed by atoms with E-state index in [2.05, 4.69) is 15.9 Å². The minimum atomic E-state index is 0.543. The van der Waals surface area contributed by atoms with Gasteiger partial charge in [0, 0.05) is 18.1 Å². The zero-order valence-corrected chi connectivity index (χ0v) is 8.80. The van der Waals surface area contributed by atoms with E-state index >= 15 is 0 Å². The van der Waals surface area contributed by atoms with Crippen LogP contribution in [0.5, 0.6) is 0 Å². The van der Waals surface area contributed by atoms with E-state index in [0.29, 0.717) is 6.54 Å². The first-order valence-electron chi connectivity index (χ1n) is 3.74. The molecule has 0 fully saturated rings. The van der Waals surface area contributed by atoms with E-state index in [4.69, 9.17) is 5.21 Å². The highest BCUT2D eigenvalue weighted by Gasteiger charge is 2.01. The Hall–Kier alpha value is -0.380. The average Bonchev–Trinajstić information content (AvgIpc) is 1.94. The molecule has 0 heterocycles. The maximum atomic E-state index is 9.01. The molecule has 0 amide bonds. The van der Waals surface area contributed by atoms with Gasteiger partial charge in [-0.1, -0.05) is 28.1 Å². The van der Waals surface area contributed by atoms with Gasteiger partial charge >= 0.3 is 0 Å². The molecule has 0 saturated carbocycles. The van der Waals surface area contributed by atoms with Crippen molar-refractivity contribution in [3.63, 3.8) is 0 Å². The summed E-state index contributed by atoms with van der Waals surface area (Å²) in [5.41, 5.74) is 2.30. The summed E-state index contributed by atoms with van der Waals surface area (Å²) in [6.45, 7) is 2.58. The summed E-state index contributed by atoms with van der Waals surface area (Å²) >= 11 is 3.44. The van der Waals surface area contributed by atoms with Crippen LogP contribution in [0.25, 0.3) is 0 Å². The molecule has 12 heavy (non-hydrogen) atoms. The Morgan fingerprint density at radius 1 is 1.50 bits per heavy atom. The van der Waals surface area contributed by atoms with Gasteiger partial charge in [0.25, 0.3) is 0 Å². The molecule has 0 atom stereocenters. The number of hydroxylamine groups is 2. The Kier molecular flexibility index (Phi) is 3.26. The van der Waals surface area contributed by atoms with E-state index in [1.165, 1.54) is 5.56 Å². The van der Waals surface area contributed by atoms with Crippen LogP contribution in [0, 0.1) is 6.92 Å². The number of benzene rings is 1. The van der Waals surface area contributed by atoms with Gasteiger partial charge in [0.1, 0.15) is 0 Å². The topological polar surface area (TPSA) is 23.5 Å². The molecule has 0 aliphatic heterocycles. The first-order chi connectivity index (χ1) is 5.59. The normalized spacial score (nSPS) is 10.8. The molecular weight excluding hydrogens is 218 g/mol. The van der Waals surface area contributed by atoms with E-state index < -0.39 is 0 Å². The summed E-state index contributed by atoms with van der Waals surface area (Å²) in [6, 6.07) is 6.08. The van der Waals surface area contributed by atoms with Crippen LogP contribution in [-0.2, 0) is 6.54 Å². The summed E-state index contributed by atoms with van der Waals surface area (Å²) in [5.74, 6) is 0. The van der Waals surface area contributed by atoms with Gasteiger partial charge in [0.2, 0.25) is 0 Å².